The molecular weight excluding hydrogens is 360 g/mol. The first-order valence-corrected chi connectivity index (χ1v) is 10.0. The molecule has 1 aromatic heterocycles. The average Bonchev–Trinajstić information content (AvgIpc) is 2.93. The molecule has 148 valence electrons. The Hall–Kier alpha value is -2.08. The van der Waals surface area contributed by atoms with Crippen LogP contribution in [0.15, 0.2) is 17.5 Å². The third-order valence-electron chi connectivity index (χ3n) is 4.16. The zero-order valence-electron chi connectivity index (χ0n) is 17.3. The molecule has 0 spiro atoms. The van der Waals surface area contributed by atoms with E-state index in [1.807, 2.05) is 17.5 Å². The van der Waals surface area contributed by atoms with Gasteiger partial charge in [-0.1, -0.05) is 41.5 Å². The summed E-state index contributed by atoms with van der Waals surface area (Å²) in [6.45, 7) is 14.7. The number of phenolic OH excluding ortho intramolecular Hbond substituents is 1. The average molecular weight is 391 g/mol. The number of benzene rings is 1. The number of nitrogens with one attached hydrogen (secondary N) is 1. The van der Waals surface area contributed by atoms with Gasteiger partial charge in [-0.3, -0.25) is 4.79 Å². The van der Waals surface area contributed by atoms with Crippen molar-refractivity contribution in [3.8, 4) is 5.75 Å². The van der Waals surface area contributed by atoms with Gasteiger partial charge < -0.3 is 15.2 Å². The summed E-state index contributed by atoms with van der Waals surface area (Å²) < 4.78 is 4.97. The third-order valence-corrected chi connectivity index (χ3v) is 4.97. The highest BCUT2D eigenvalue weighted by atomic mass is 32.1. The van der Waals surface area contributed by atoms with Crippen LogP contribution in [0.3, 0.4) is 0 Å². The van der Waals surface area contributed by atoms with Gasteiger partial charge in [0.2, 0.25) is 0 Å². The number of nitrogens with zero attached hydrogens (tertiary/aromatic N) is 1. The molecular formula is C21H30N2O3S. The molecule has 0 amide bonds. The predicted molar refractivity (Wildman–Crippen MR) is 111 cm³/mol. The lowest BCUT2D eigenvalue weighted by molar-refractivity contribution is -0.142. The lowest BCUT2D eigenvalue weighted by Gasteiger charge is -2.28. The zero-order valence-corrected chi connectivity index (χ0v) is 18.1. The van der Waals surface area contributed by atoms with Crippen LogP contribution in [0.4, 0.5) is 10.8 Å². The molecule has 0 fully saturated rings. The Morgan fingerprint density at radius 1 is 1.15 bits per heavy atom. The van der Waals surface area contributed by atoms with Gasteiger partial charge in [0.25, 0.3) is 0 Å². The van der Waals surface area contributed by atoms with Crippen molar-refractivity contribution in [1.82, 2.24) is 4.98 Å². The number of hydrogen-bond acceptors (Lipinski definition) is 6. The summed E-state index contributed by atoms with van der Waals surface area (Å²) >= 11 is 1.44. The van der Waals surface area contributed by atoms with Crippen molar-refractivity contribution in [3.05, 3.63) is 34.3 Å². The lowest BCUT2D eigenvalue weighted by Crippen LogP contribution is -2.17. The molecule has 0 atom stereocenters. The van der Waals surface area contributed by atoms with E-state index in [1.54, 1.807) is 6.92 Å². The van der Waals surface area contributed by atoms with Crippen molar-refractivity contribution in [2.45, 2.75) is 65.7 Å². The molecule has 0 aliphatic carbocycles. The molecule has 0 aliphatic rings. The molecule has 6 heteroatoms. The van der Waals surface area contributed by atoms with Crippen molar-refractivity contribution in [3.63, 3.8) is 0 Å². The molecule has 0 aliphatic heterocycles. The number of anilines is 2. The maximum atomic E-state index is 11.6. The van der Waals surface area contributed by atoms with Gasteiger partial charge in [0.15, 0.2) is 5.13 Å². The Morgan fingerprint density at radius 2 is 1.70 bits per heavy atom. The third kappa shape index (κ3) is 5.45. The number of hydrogen-bond donors (Lipinski definition) is 2. The van der Waals surface area contributed by atoms with Crippen molar-refractivity contribution in [1.29, 1.82) is 0 Å². The molecule has 1 aromatic carbocycles. The second-order valence-corrected chi connectivity index (χ2v) is 9.53. The van der Waals surface area contributed by atoms with Gasteiger partial charge in [-0.2, -0.15) is 0 Å². The van der Waals surface area contributed by atoms with Gasteiger partial charge >= 0.3 is 5.97 Å². The summed E-state index contributed by atoms with van der Waals surface area (Å²) in [4.78, 5) is 16.1. The van der Waals surface area contributed by atoms with E-state index >= 15 is 0 Å². The van der Waals surface area contributed by atoms with E-state index in [0.717, 1.165) is 16.8 Å². The minimum absolute atomic E-state index is 0.169. The molecule has 2 rings (SSSR count). The van der Waals surface area contributed by atoms with Crippen LogP contribution in [0.1, 0.15) is 65.3 Å². The van der Waals surface area contributed by atoms with Crippen LogP contribution in [0, 0.1) is 0 Å². The maximum Gasteiger partial charge on any atom is 0.311 e. The van der Waals surface area contributed by atoms with Crippen LogP contribution in [0.25, 0.3) is 0 Å². The number of phenols is 1. The molecule has 0 bridgehead atoms. The highest BCUT2D eigenvalue weighted by Gasteiger charge is 2.26. The van der Waals surface area contributed by atoms with Gasteiger partial charge in [0.05, 0.1) is 18.7 Å². The van der Waals surface area contributed by atoms with Gasteiger partial charge in [-0.15, -0.1) is 11.3 Å². The van der Waals surface area contributed by atoms with E-state index in [0.29, 0.717) is 23.2 Å². The summed E-state index contributed by atoms with van der Waals surface area (Å²) in [5.74, 6) is 0.0757. The van der Waals surface area contributed by atoms with Gasteiger partial charge in [0, 0.05) is 22.2 Å². The molecule has 0 saturated heterocycles. The Kier molecular flexibility index (Phi) is 6.20. The van der Waals surface area contributed by atoms with Crippen LogP contribution in [0.2, 0.25) is 0 Å². The van der Waals surface area contributed by atoms with Crippen LogP contribution in [-0.4, -0.2) is 22.7 Å². The minimum Gasteiger partial charge on any atom is -0.507 e. The number of esters is 1. The quantitative estimate of drug-likeness (QED) is 0.536. The van der Waals surface area contributed by atoms with E-state index in [2.05, 4.69) is 51.8 Å². The van der Waals surface area contributed by atoms with Gasteiger partial charge in [-0.05, 0) is 29.9 Å². The van der Waals surface area contributed by atoms with E-state index in [4.69, 9.17) is 4.74 Å². The van der Waals surface area contributed by atoms with Crippen LogP contribution in [-0.2, 0) is 26.8 Å². The number of thiazole rings is 1. The number of rotatable bonds is 5. The van der Waals surface area contributed by atoms with Crippen molar-refractivity contribution in [2.24, 2.45) is 0 Å². The van der Waals surface area contributed by atoms with E-state index < -0.39 is 0 Å². The monoisotopic (exact) mass is 390 g/mol. The Morgan fingerprint density at radius 3 is 2.19 bits per heavy atom. The summed E-state index contributed by atoms with van der Waals surface area (Å²) in [6.07, 6.45) is 0.169. The van der Waals surface area contributed by atoms with Crippen LogP contribution < -0.4 is 5.32 Å². The standard InChI is InChI=1S/C21H30N2O3S/c1-8-26-17(24)11-14-12-27-19(23-14)22-13-9-15(20(2,3)4)18(25)16(10-13)21(5,6)7/h9-10,12,25H,8,11H2,1-7H3,(H,22,23). The fourth-order valence-corrected chi connectivity index (χ4v) is 3.51. The molecule has 1 heterocycles. The van der Waals surface area contributed by atoms with Crippen LogP contribution >= 0.6 is 11.3 Å². The van der Waals surface area contributed by atoms with Gasteiger partial charge in [-0.25, -0.2) is 4.98 Å². The molecule has 2 N–H and O–H groups in total. The molecule has 2 aromatic rings. The number of aromatic nitrogens is 1. The maximum absolute atomic E-state index is 11.6. The lowest BCUT2D eigenvalue weighted by atomic mass is 9.79. The van der Waals surface area contributed by atoms with Crippen LogP contribution in [0.5, 0.6) is 5.75 Å². The first-order valence-electron chi connectivity index (χ1n) is 9.17. The Bertz CT molecular complexity index is 779. The number of carbonyl (C=O) groups excluding carboxylic acids is 1. The minimum atomic E-state index is -0.274. The highest BCUT2D eigenvalue weighted by molar-refractivity contribution is 7.13. The molecule has 5 nitrogen and oxygen atoms in total. The highest BCUT2D eigenvalue weighted by Crippen LogP contribution is 2.41. The number of carbonyl (C=O) groups is 1. The normalized spacial score (nSPS) is 12.1. The zero-order chi connectivity index (χ0) is 20.4. The first-order chi connectivity index (χ1) is 12.4. The Labute approximate surface area is 165 Å². The largest absolute Gasteiger partial charge is 0.507 e. The SMILES string of the molecule is CCOC(=O)Cc1csc(Nc2cc(C(C)(C)C)c(O)c(C(C)(C)C)c2)n1. The second kappa shape index (κ2) is 7.89. The molecule has 0 saturated carbocycles. The molecule has 0 unspecified atom stereocenters. The predicted octanol–water partition coefficient (Wildman–Crippen LogP) is 5.29. The van der Waals surface area contributed by atoms with Gasteiger partial charge in [0.1, 0.15) is 5.75 Å². The van der Waals surface area contributed by atoms with Crippen molar-refractivity contribution < 1.29 is 14.6 Å². The van der Waals surface area contributed by atoms with Crippen molar-refractivity contribution in [2.75, 3.05) is 11.9 Å². The topological polar surface area (TPSA) is 71.5 Å². The molecule has 0 radical (unpaired) electrons. The summed E-state index contributed by atoms with van der Waals surface area (Å²) in [5, 5.41) is 16.7. The van der Waals surface area contributed by atoms with Crippen molar-refractivity contribution >= 4 is 28.1 Å². The smallest absolute Gasteiger partial charge is 0.311 e. The number of ether oxygens (including phenoxy) is 1. The van der Waals surface area contributed by atoms with E-state index in [9.17, 15) is 9.90 Å². The summed E-state index contributed by atoms with van der Waals surface area (Å²) in [5.41, 5.74) is 2.95. The van der Waals surface area contributed by atoms with E-state index in [-0.39, 0.29) is 23.2 Å². The summed E-state index contributed by atoms with van der Waals surface area (Å²) in [6, 6.07) is 3.94. The fraction of sp³-hybridized carbons (Fsp3) is 0.524. The summed E-state index contributed by atoms with van der Waals surface area (Å²) in [7, 11) is 0. The Balaban J connectivity index is 2.34. The van der Waals surface area contributed by atoms with E-state index in [1.165, 1.54) is 11.3 Å². The second-order valence-electron chi connectivity index (χ2n) is 8.67. The molecule has 27 heavy (non-hydrogen) atoms. The fourth-order valence-electron chi connectivity index (χ4n) is 2.78. The number of aromatic hydroxyl groups is 1. The first kappa shape index (κ1) is 21.2.